The molecule has 2 aromatic carbocycles. The Morgan fingerprint density at radius 1 is 1.15 bits per heavy atom. The van der Waals surface area contributed by atoms with Crippen LogP contribution in [0.1, 0.15) is 11.1 Å². The summed E-state index contributed by atoms with van der Waals surface area (Å²) < 4.78 is 32.4. The molecular weight excluding hydrogens is 358 g/mol. The third kappa shape index (κ3) is 6.03. The van der Waals surface area contributed by atoms with E-state index in [0.29, 0.717) is 0 Å². The second-order valence-corrected chi connectivity index (χ2v) is 5.72. The van der Waals surface area contributed by atoms with Gasteiger partial charge < -0.3 is 10.1 Å². The molecule has 2 aromatic rings. The third-order valence-electron chi connectivity index (χ3n) is 3.82. The number of carbonyl (C=O) groups is 2. The van der Waals surface area contributed by atoms with Crippen molar-refractivity contribution in [3.8, 4) is 0 Å². The van der Waals surface area contributed by atoms with Crippen LogP contribution in [0.4, 0.5) is 13.6 Å². The predicted molar refractivity (Wildman–Crippen MR) is 93.4 cm³/mol. The number of amides is 2. The quantitative estimate of drug-likeness (QED) is 0.753. The Kier molecular flexibility index (Phi) is 7.25. The van der Waals surface area contributed by atoms with Crippen LogP contribution in [0.25, 0.3) is 0 Å². The van der Waals surface area contributed by atoms with Crippen molar-refractivity contribution in [1.82, 2.24) is 10.4 Å². The summed E-state index contributed by atoms with van der Waals surface area (Å²) >= 11 is 0. The Balaban J connectivity index is 2.08. The number of ether oxygens (including phenoxy) is 1. The summed E-state index contributed by atoms with van der Waals surface area (Å²) in [5.41, 5.74) is 0.710. The molecule has 0 unspecified atom stereocenters. The lowest BCUT2D eigenvalue weighted by molar-refractivity contribution is -0.170. The Bertz CT molecular complexity index is 787. The number of benzene rings is 2. The average molecular weight is 378 g/mol. The topological polar surface area (TPSA) is 67.9 Å². The molecule has 0 saturated carbocycles. The Hall–Kier alpha value is -3.00. The number of likely N-dealkylation sites (N-methyl/N-ethyl adjacent to an activating group) is 1. The summed E-state index contributed by atoms with van der Waals surface area (Å²) in [6.07, 6.45) is -1.13. The van der Waals surface area contributed by atoms with Gasteiger partial charge in [0.05, 0.1) is 7.11 Å². The molecule has 27 heavy (non-hydrogen) atoms. The fraction of sp³-hybridized carbons (Fsp3) is 0.263. The Morgan fingerprint density at radius 3 is 2.52 bits per heavy atom. The van der Waals surface area contributed by atoms with E-state index in [1.807, 2.05) is 6.07 Å². The number of hydroxylamine groups is 2. The highest BCUT2D eigenvalue weighted by molar-refractivity contribution is 5.85. The van der Waals surface area contributed by atoms with Gasteiger partial charge in [-0.3, -0.25) is 9.63 Å². The first-order valence-corrected chi connectivity index (χ1v) is 8.13. The fourth-order valence-electron chi connectivity index (χ4n) is 2.34. The fourth-order valence-corrected chi connectivity index (χ4v) is 2.34. The van der Waals surface area contributed by atoms with Gasteiger partial charge in [0.15, 0.2) is 0 Å². The molecule has 0 saturated heterocycles. The summed E-state index contributed by atoms with van der Waals surface area (Å²) in [5.74, 6) is -1.98. The molecule has 2 amide bonds. The molecule has 1 N–H and O–H groups in total. The Labute approximate surface area is 155 Å². The van der Waals surface area contributed by atoms with Gasteiger partial charge in [-0.2, -0.15) is 0 Å². The molecule has 0 spiro atoms. The molecule has 0 heterocycles. The summed E-state index contributed by atoms with van der Waals surface area (Å²) in [6.45, 7) is 0.00201. The van der Waals surface area contributed by atoms with Crippen molar-refractivity contribution < 1.29 is 27.9 Å². The van der Waals surface area contributed by atoms with Crippen LogP contribution in [0.3, 0.4) is 0 Å². The predicted octanol–water partition coefficient (Wildman–Crippen LogP) is 2.82. The first-order chi connectivity index (χ1) is 12.9. The van der Waals surface area contributed by atoms with E-state index in [4.69, 9.17) is 9.57 Å². The number of nitrogens with zero attached hydrogens (tertiary/aromatic N) is 1. The first-order valence-electron chi connectivity index (χ1n) is 8.13. The minimum Gasteiger partial charge on any atom is -0.445 e. The maximum absolute atomic E-state index is 13.9. The zero-order valence-electron chi connectivity index (χ0n) is 14.9. The zero-order chi connectivity index (χ0) is 19.8. The number of nitrogens with one attached hydrogen (secondary N) is 1. The van der Waals surface area contributed by atoms with E-state index in [-0.39, 0.29) is 18.6 Å². The molecule has 0 aliphatic carbocycles. The van der Waals surface area contributed by atoms with Crippen LogP contribution < -0.4 is 5.32 Å². The van der Waals surface area contributed by atoms with Gasteiger partial charge in [-0.05, 0) is 29.3 Å². The third-order valence-corrected chi connectivity index (χ3v) is 3.82. The van der Waals surface area contributed by atoms with Crippen molar-refractivity contribution in [3.63, 3.8) is 0 Å². The van der Waals surface area contributed by atoms with E-state index in [1.54, 1.807) is 24.3 Å². The van der Waals surface area contributed by atoms with Crippen LogP contribution in [0, 0.1) is 11.6 Å². The molecular formula is C19H20F2N2O4. The van der Waals surface area contributed by atoms with Crippen LogP contribution in [0.15, 0.2) is 48.5 Å². The SMILES string of the molecule is CON(C)C(=O)[C@@H](Cc1cc(F)ccc1F)NC(=O)OCc1ccccc1. The lowest BCUT2D eigenvalue weighted by Gasteiger charge is -2.23. The highest BCUT2D eigenvalue weighted by atomic mass is 19.1. The normalized spacial score (nSPS) is 11.6. The van der Waals surface area contributed by atoms with Crippen molar-refractivity contribution in [1.29, 1.82) is 0 Å². The van der Waals surface area contributed by atoms with Crippen LogP contribution >= 0.6 is 0 Å². The summed E-state index contributed by atoms with van der Waals surface area (Å²) in [5, 5.41) is 3.26. The van der Waals surface area contributed by atoms with Gasteiger partial charge in [-0.25, -0.2) is 18.6 Å². The number of carbonyl (C=O) groups excluding carboxylic acids is 2. The lowest BCUT2D eigenvalue weighted by Crippen LogP contribution is -2.48. The molecule has 0 radical (unpaired) electrons. The van der Waals surface area contributed by atoms with Crippen molar-refractivity contribution >= 4 is 12.0 Å². The number of alkyl carbamates (subject to hydrolysis) is 1. The summed E-state index contributed by atoms with van der Waals surface area (Å²) in [4.78, 5) is 29.3. The van der Waals surface area contributed by atoms with Gasteiger partial charge >= 0.3 is 6.09 Å². The maximum Gasteiger partial charge on any atom is 0.408 e. The van der Waals surface area contributed by atoms with Crippen LogP contribution in [0.2, 0.25) is 0 Å². The maximum atomic E-state index is 13.9. The van der Waals surface area contributed by atoms with E-state index >= 15 is 0 Å². The standard InChI is InChI=1S/C19H20F2N2O4/c1-23(26-2)18(24)17(11-14-10-15(20)8-9-16(14)21)22-19(25)27-12-13-6-4-3-5-7-13/h3-10,17H,11-12H2,1-2H3,(H,22,25)/t17-/m1/s1. The van der Waals surface area contributed by atoms with Gasteiger partial charge in [0.1, 0.15) is 24.3 Å². The summed E-state index contributed by atoms with van der Waals surface area (Å²) in [6, 6.07) is 10.7. The van der Waals surface area contributed by atoms with Crippen LogP contribution in [-0.2, 0) is 27.4 Å². The largest absolute Gasteiger partial charge is 0.445 e. The van der Waals surface area contributed by atoms with Gasteiger partial charge in [0.25, 0.3) is 5.91 Å². The van der Waals surface area contributed by atoms with E-state index in [9.17, 15) is 18.4 Å². The summed E-state index contributed by atoms with van der Waals surface area (Å²) in [7, 11) is 2.61. The molecule has 0 bridgehead atoms. The molecule has 0 aliphatic heterocycles. The molecule has 0 aromatic heterocycles. The van der Waals surface area contributed by atoms with Gasteiger partial charge in [-0.1, -0.05) is 30.3 Å². The minimum atomic E-state index is -1.20. The second-order valence-electron chi connectivity index (χ2n) is 5.72. The Morgan fingerprint density at radius 2 is 1.85 bits per heavy atom. The zero-order valence-corrected chi connectivity index (χ0v) is 14.9. The molecule has 6 nitrogen and oxygen atoms in total. The van der Waals surface area contributed by atoms with E-state index in [1.165, 1.54) is 14.2 Å². The first kappa shape index (κ1) is 20.3. The number of halogens is 2. The average Bonchev–Trinajstić information content (AvgIpc) is 2.68. The molecule has 0 aliphatic rings. The van der Waals surface area contributed by atoms with Gasteiger partial charge in [0, 0.05) is 13.5 Å². The van der Waals surface area contributed by atoms with Gasteiger partial charge in [-0.15, -0.1) is 0 Å². The number of hydrogen-bond donors (Lipinski definition) is 1. The molecule has 1 atom stereocenters. The van der Waals surface area contributed by atoms with Crippen LogP contribution in [0.5, 0.6) is 0 Å². The molecule has 8 heteroatoms. The molecule has 2 rings (SSSR count). The lowest BCUT2D eigenvalue weighted by atomic mass is 10.0. The van der Waals surface area contributed by atoms with E-state index < -0.39 is 29.7 Å². The van der Waals surface area contributed by atoms with Crippen molar-refractivity contribution in [2.45, 2.75) is 19.1 Å². The number of rotatable bonds is 7. The monoisotopic (exact) mass is 378 g/mol. The minimum absolute atomic E-state index is 0.00201. The van der Waals surface area contributed by atoms with Crippen LogP contribution in [-0.4, -0.2) is 37.3 Å². The van der Waals surface area contributed by atoms with Crippen molar-refractivity contribution in [2.75, 3.05) is 14.2 Å². The molecule has 0 fully saturated rings. The number of hydrogen-bond acceptors (Lipinski definition) is 4. The van der Waals surface area contributed by atoms with E-state index in [2.05, 4.69) is 5.32 Å². The molecule has 144 valence electrons. The van der Waals surface area contributed by atoms with Crippen molar-refractivity contribution in [3.05, 3.63) is 71.3 Å². The highest BCUT2D eigenvalue weighted by Crippen LogP contribution is 2.13. The highest BCUT2D eigenvalue weighted by Gasteiger charge is 2.26. The van der Waals surface area contributed by atoms with E-state index in [0.717, 1.165) is 28.8 Å². The smallest absolute Gasteiger partial charge is 0.408 e. The second kappa shape index (κ2) is 9.63. The van der Waals surface area contributed by atoms with Crippen molar-refractivity contribution in [2.24, 2.45) is 0 Å². The van der Waals surface area contributed by atoms with Gasteiger partial charge in [0.2, 0.25) is 0 Å².